The number of hydrogen-bond donors (Lipinski definition) is 2. The van der Waals surface area contributed by atoms with Gasteiger partial charge in [-0.3, -0.25) is 14.9 Å². The first-order valence-electron chi connectivity index (χ1n) is 5.60. The Bertz CT molecular complexity index is 658. The van der Waals surface area contributed by atoms with Gasteiger partial charge in [-0.15, -0.1) is 5.10 Å². The maximum atomic E-state index is 10.9. The molecule has 0 saturated carbocycles. The molecule has 0 atom stereocenters. The Morgan fingerprint density at radius 3 is 2.90 bits per heavy atom. The zero-order valence-corrected chi connectivity index (χ0v) is 11.6. The third-order valence-corrected chi connectivity index (χ3v) is 3.30. The summed E-state index contributed by atoms with van der Waals surface area (Å²) in [5.74, 6) is -0.463. The fourth-order valence-electron chi connectivity index (χ4n) is 1.51. The number of amides is 1. The van der Waals surface area contributed by atoms with Crippen molar-refractivity contribution in [1.82, 2.24) is 5.32 Å². The lowest BCUT2D eigenvalue weighted by Gasteiger charge is -2.04. The Labute approximate surface area is 122 Å². The number of carbonyl (C=O) groups excluding carboxylic acids is 1. The summed E-state index contributed by atoms with van der Waals surface area (Å²) >= 11 is 1.21. The summed E-state index contributed by atoms with van der Waals surface area (Å²) in [5.41, 5.74) is -0.165. The zero-order valence-electron chi connectivity index (χ0n) is 10.8. The van der Waals surface area contributed by atoms with Gasteiger partial charge in [-0.05, 0) is 6.07 Å². The molecule has 1 heterocycles. The van der Waals surface area contributed by atoms with Crippen molar-refractivity contribution < 1.29 is 19.6 Å². The molecule has 1 amide bonds. The van der Waals surface area contributed by atoms with E-state index in [0.717, 1.165) is 6.07 Å². The quantitative estimate of drug-likeness (QED) is 0.482. The van der Waals surface area contributed by atoms with Crippen molar-refractivity contribution in [2.75, 3.05) is 12.9 Å². The molecular formula is C11H10N4O5S. The predicted molar refractivity (Wildman–Crippen MR) is 76.9 cm³/mol. The molecule has 2 rings (SSSR count). The van der Waals surface area contributed by atoms with Gasteiger partial charge in [0.25, 0.3) is 0 Å². The van der Waals surface area contributed by atoms with Crippen molar-refractivity contribution in [2.24, 2.45) is 10.2 Å². The monoisotopic (exact) mass is 310 g/mol. The summed E-state index contributed by atoms with van der Waals surface area (Å²) in [7, 11) is 1.28. The van der Waals surface area contributed by atoms with Crippen LogP contribution >= 0.6 is 11.8 Å². The van der Waals surface area contributed by atoms with Crippen LogP contribution in [0.4, 0.5) is 5.69 Å². The molecule has 0 aromatic heterocycles. The number of carbonyl (C=O) groups is 1. The fourth-order valence-corrected chi connectivity index (χ4v) is 2.14. The Hall–Kier alpha value is -2.62. The van der Waals surface area contributed by atoms with Crippen molar-refractivity contribution in [3.05, 3.63) is 27.8 Å². The summed E-state index contributed by atoms with van der Waals surface area (Å²) in [4.78, 5) is 21.0. The first-order valence-corrected chi connectivity index (χ1v) is 6.59. The number of nitro groups is 1. The molecule has 1 aromatic carbocycles. The van der Waals surface area contributed by atoms with E-state index in [-0.39, 0.29) is 17.4 Å². The molecule has 2 N–H and O–H groups in total. The fraction of sp³-hybridized carbons (Fsp3) is 0.182. The molecule has 1 aliphatic heterocycles. The highest BCUT2D eigenvalue weighted by Gasteiger charge is 2.19. The van der Waals surface area contributed by atoms with E-state index < -0.39 is 16.4 Å². The Morgan fingerprint density at radius 1 is 1.57 bits per heavy atom. The van der Waals surface area contributed by atoms with Gasteiger partial charge in [-0.2, -0.15) is 5.10 Å². The first kappa shape index (κ1) is 14.8. The van der Waals surface area contributed by atoms with Gasteiger partial charge in [-0.25, -0.2) is 0 Å². The molecule has 1 aromatic rings. The molecule has 0 unspecified atom stereocenters. The van der Waals surface area contributed by atoms with Crippen LogP contribution in [0.3, 0.4) is 0 Å². The number of aromatic hydroxyl groups is 1. The van der Waals surface area contributed by atoms with Crippen molar-refractivity contribution >= 4 is 34.7 Å². The predicted octanol–water partition coefficient (Wildman–Crippen LogP) is 0.862. The molecule has 1 aliphatic rings. The molecule has 9 nitrogen and oxygen atoms in total. The molecule has 1 fully saturated rings. The molecular weight excluding hydrogens is 300 g/mol. The lowest BCUT2D eigenvalue weighted by Crippen LogP contribution is -2.19. The number of hydrogen-bond acceptors (Lipinski definition) is 8. The standard InChI is InChI=1S/C11H10N4O5S/c1-20-8-3-6(2-7(10(8)17)15(18)19)4-12-14-11-13-9(16)5-21-11/h2-4,17H,5H2,1H3,(H,13,14,16). The number of benzene rings is 1. The number of nitrogens with one attached hydrogen (secondary N) is 1. The highest BCUT2D eigenvalue weighted by atomic mass is 32.2. The lowest BCUT2D eigenvalue weighted by atomic mass is 10.2. The first-order chi connectivity index (χ1) is 10.0. The second kappa shape index (κ2) is 6.22. The second-order valence-electron chi connectivity index (χ2n) is 3.83. The lowest BCUT2D eigenvalue weighted by molar-refractivity contribution is -0.386. The van der Waals surface area contributed by atoms with Crippen LogP contribution in [0.1, 0.15) is 5.56 Å². The molecule has 10 heteroatoms. The van der Waals surface area contributed by atoms with Crippen molar-refractivity contribution in [3.63, 3.8) is 0 Å². The molecule has 0 spiro atoms. The van der Waals surface area contributed by atoms with Gasteiger partial charge in [0.15, 0.2) is 10.9 Å². The maximum Gasteiger partial charge on any atom is 0.315 e. The molecule has 110 valence electrons. The third kappa shape index (κ3) is 3.48. The largest absolute Gasteiger partial charge is 0.500 e. The molecule has 0 aliphatic carbocycles. The number of nitro benzene ring substituents is 1. The number of thioether (sulfide) groups is 1. The Kier molecular flexibility index (Phi) is 4.38. The van der Waals surface area contributed by atoms with Gasteiger partial charge in [0.1, 0.15) is 0 Å². The van der Waals surface area contributed by atoms with Crippen molar-refractivity contribution in [1.29, 1.82) is 0 Å². The van der Waals surface area contributed by atoms with Crippen molar-refractivity contribution in [2.45, 2.75) is 0 Å². The number of phenols is 1. The summed E-state index contributed by atoms with van der Waals surface area (Å²) in [5, 5.41) is 30.8. The number of nitrogens with zero attached hydrogens (tertiary/aromatic N) is 3. The highest BCUT2D eigenvalue weighted by Crippen LogP contribution is 2.36. The van der Waals surface area contributed by atoms with Crippen LogP contribution < -0.4 is 10.1 Å². The van der Waals surface area contributed by atoms with Gasteiger partial charge < -0.3 is 15.2 Å². The normalized spacial score (nSPS) is 16.4. The minimum atomic E-state index is -0.728. The van der Waals surface area contributed by atoms with E-state index in [4.69, 9.17) is 4.74 Å². The number of rotatable bonds is 4. The summed E-state index contributed by atoms with van der Waals surface area (Å²) in [6.45, 7) is 0. The SMILES string of the molecule is COc1cc(C=NN=C2NC(=O)CS2)cc([N+](=O)[O-])c1O. The molecule has 0 radical (unpaired) electrons. The zero-order chi connectivity index (χ0) is 15.4. The second-order valence-corrected chi connectivity index (χ2v) is 4.80. The summed E-state index contributed by atoms with van der Waals surface area (Å²) in [6, 6.07) is 2.52. The van der Waals surface area contributed by atoms with E-state index >= 15 is 0 Å². The van der Waals surface area contributed by atoms with E-state index in [0.29, 0.717) is 10.7 Å². The average molecular weight is 310 g/mol. The number of ether oxygens (including phenoxy) is 1. The van der Waals surface area contributed by atoms with Crippen LogP contribution in [0.15, 0.2) is 22.3 Å². The molecule has 21 heavy (non-hydrogen) atoms. The van der Waals surface area contributed by atoms with E-state index in [1.165, 1.54) is 31.2 Å². The van der Waals surface area contributed by atoms with Gasteiger partial charge in [0, 0.05) is 11.6 Å². The number of methoxy groups -OCH3 is 1. The summed E-state index contributed by atoms with van der Waals surface area (Å²) < 4.78 is 4.86. The van der Waals surface area contributed by atoms with Crippen LogP contribution in [0.2, 0.25) is 0 Å². The van der Waals surface area contributed by atoms with Crippen LogP contribution in [0.25, 0.3) is 0 Å². The molecule has 1 saturated heterocycles. The number of amidine groups is 1. The number of phenolic OH excluding ortho intramolecular Hbond substituents is 1. The van der Waals surface area contributed by atoms with Crippen molar-refractivity contribution in [3.8, 4) is 11.5 Å². The molecule has 0 bridgehead atoms. The smallest absolute Gasteiger partial charge is 0.315 e. The van der Waals surface area contributed by atoms with E-state index in [1.54, 1.807) is 0 Å². The van der Waals surface area contributed by atoms with E-state index in [1.807, 2.05) is 0 Å². The minimum Gasteiger partial charge on any atom is -0.500 e. The van der Waals surface area contributed by atoms with Crippen LogP contribution in [0, 0.1) is 10.1 Å². The van der Waals surface area contributed by atoms with E-state index in [9.17, 15) is 20.0 Å². The van der Waals surface area contributed by atoms with Gasteiger partial charge >= 0.3 is 5.69 Å². The Morgan fingerprint density at radius 2 is 2.33 bits per heavy atom. The van der Waals surface area contributed by atoms with Crippen LogP contribution in [-0.4, -0.2) is 40.2 Å². The van der Waals surface area contributed by atoms with Gasteiger partial charge in [-0.1, -0.05) is 11.8 Å². The summed E-state index contributed by atoms with van der Waals surface area (Å²) in [6.07, 6.45) is 1.26. The van der Waals surface area contributed by atoms with Gasteiger partial charge in [0.05, 0.1) is 24.0 Å². The maximum absolute atomic E-state index is 10.9. The topological polar surface area (TPSA) is 126 Å². The highest BCUT2D eigenvalue weighted by molar-refractivity contribution is 8.15. The van der Waals surface area contributed by atoms with E-state index in [2.05, 4.69) is 15.5 Å². The Balaban J connectivity index is 2.25. The van der Waals surface area contributed by atoms with Gasteiger partial charge in [0.2, 0.25) is 11.7 Å². The average Bonchev–Trinajstić information content (AvgIpc) is 2.85. The third-order valence-electron chi connectivity index (χ3n) is 2.44. The van der Waals surface area contributed by atoms with Crippen LogP contribution in [0.5, 0.6) is 11.5 Å². The van der Waals surface area contributed by atoms with Crippen LogP contribution in [-0.2, 0) is 4.79 Å². The minimum absolute atomic E-state index is 0.0400.